The molecule has 0 saturated carbocycles. The van der Waals surface area contributed by atoms with Gasteiger partial charge in [-0.05, 0) is 12.1 Å². The van der Waals surface area contributed by atoms with Crippen molar-refractivity contribution in [2.75, 3.05) is 32.8 Å². The molecule has 2 N–H and O–H groups in total. The number of rotatable bonds is 5. The Hall–Kier alpha value is -1.90. The molecule has 1 fully saturated rings. The number of ether oxygens (including phenoxy) is 1. The summed E-state index contributed by atoms with van der Waals surface area (Å²) < 4.78 is 5.19. The molecule has 9 heteroatoms. The van der Waals surface area contributed by atoms with Crippen LogP contribution in [0.3, 0.4) is 0 Å². The van der Waals surface area contributed by atoms with Crippen LogP contribution in [0.5, 0.6) is 11.5 Å². The minimum absolute atomic E-state index is 0. The van der Waals surface area contributed by atoms with E-state index in [0.29, 0.717) is 19.8 Å². The Labute approximate surface area is 132 Å². The van der Waals surface area contributed by atoms with Crippen LogP contribution in [0.15, 0.2) is 12.1 Å². The number of phenols is 2. The molecule has 1 aliphatic rings. The second-order valence-corrected chi connectivity index (χ2v) is 4.71. The fourth-order valence-electron chi connectivity index (χ4n) is 2.20. The lowest BCUT2D eigenvalue weighted by Crippen LogP contribution is -2.37. The number of morpholine rings is 1. The van der Waals surface area contributed by atoms with Crippen LogP contribution in [0, 0.1) is 10.1 Å². The summed E-state index contributed by atoms with van der Waals surface area (Å²) in [5, 5.41) is 29.8. The van der Waals surface area contributed by atoms with E-state index >= 15 is 0 Å². The number of nitro groups is 1. The first-order chi connectivity index (χ1) is 10.0. The molecule has 0 unspecified atom stereocenters. The molecule has 122 valence electrons. The molecule has 1 aromatic rings. The van der Waals surface area contributed by atoms with Crippen molar-refractivity contribution in [1.29, 1.82) is 0 Å². The van der Waals surface area contributed by atoms with Crippen LogP contribution in [-0.2, 0) is 4.74 Å². The van der Waals surface area contributed by atoms with Crippen molar-refractivity contribution in [3.05, 3.63) is 27.8 Å². The van der Waals surface area contributed by atoms with Crippen LogP contribution in [-0.4, -0.2) is 58.7 Å². The van der Waals surface area contributed by atoms with Crippen LogP contribution in [0.25, 0.3) is 0 Å². The minimum atomic E-state index is -0.878. The van der Waals surface area contributed by atoms with Crippen LogP contribution in [0.1, 0.15) is 16.8 Å². The maximum Gasteiger partial charge on any atom is 0.325 e. The van der Waals surface area contributed by atoms with Gasteiger partial charge in [-0.1, -0.05) is 0 Å². The van der Waals surface area contributed by atoms with Gasteiger partial charge in [-0.25, -0.2) is 0 Å². The molecule has 22 heavy (non-hydrogen) atoms. The maximum atomic E-state index is 12.1. The Morgan fingerprint density at radius 2 is 1.95 bits per heavy atom. The van der Waals surface area contributed by atoms with Crippen molar-refractivity contribution < 1.29 is 24.7 Å². The zero-order valence-electron chi connectivity index (χ0n) is 11.7. The topological polar surface area (TPSA) is 113 Å². The second kappa shape index (κ2) is 7.92. The van der Waals surface area contributed by atoms with Gasteiger partial charge in [0.2, 0.25) is 5.75 Å². The summed E-state index contributed by atoms with van der Waals surface area (Å²) in [6.45, 7) is 3.12. The zero-order valence-corrected chi connectivity index (χ0v) is 12.5. The van der Waals surface area contributed by atoms with Crippen LogP contribution < -0.4 is 0 Å². The maximum absolute atomic E-state index is 12.1. The number of carbonyl (C=O) groups is 1. The number of phenolic OH excluding ortho intramolecular Hbond substituents is 2. The van der Waals surface area contributed by atoms with E-state index in [4.69, 9.17) is 4.74 Å². The third kappa shape index (κ3) is 4.06. The summed E-state index contributed by atoms with van der Waals surface area (Å²) in [6, 6.07) is 2.24. The molecular formula is C13H17ClN2O6. The molecule has 0 aromatic heterocycles. The van der Waals surface area contributed by atoms with Crippen LogP contribution in [0.4, 0.5) is 5.69 Å². The minimum Gasteiger partial charge on any atom is -0.504 e. The molecule has 8 nitrogen and oxygen atoms in total. The highest BCUT2D eigenvalue weighted by atomic mass is 35.5. The number of benzene rings is 1. The van der Waals surface area contributed by atoms with E-state index in [9.17, 15) is 25.1 Å². The number of nitro benzene ring substituents is 1. The fraction of sp³-hybridized carbons (Fsp3) is 0.462. The molecule has 0 amide bonds. The Morgan fingerprint density at radius 3 is 2.55 bits per heavy atom. The van der Waals surface area contributed by atoms with Gasteiger partial charge in [-0.3, -0.25) is 19.8 Å². The number of hydrogen-bond acceptors (Lipinski definition) is 7. The number of ketones is 1. The summed E-state index contributed by atoms with van der Waals surface area (Å²) in [6.07, 6.45) is 0.102. The number of carbonyl (C=O) groups excluding carboxylic acids is 1. The van der Waals surface area contributed by atoms with Crippen LogP contribution >= 0.6 is 12.4 Å². The van der Waals surface area contributed by atoms with Crippen molar-refractivity contribution in [2.45, 2.75) is 6.42 Å². The summed E-state index contributed by atoms with van der Waals surface area (Å²) in [4.78, 5) is 24.3. The van der Waals surface area contributed by atoms with Gasteiger partial charge in [0.05, 0.1) is 23.7 Å². The largest absolute Gasteiger partial charge is 0.504 e. The number of hydrogen-bond donors (Lipinski definition) is 2. The highest BCUT2D eigenvalue weighted by Crippen LogP contribution is 2.38. The zero-order chi connectivity index (χ0) is 15.4. The molecular weight excluding hydrogens is 316 g/mol. The standard InChI is InChI=1S/C13H16N2O6.ClH/c16-10(3-4-14-5-7-21-8-6-14)9-1-2-11(17)13(18)12(9)15(19)20;/h1-2,17-18H,3-8H2;1H. The summed E-state index contributed by atoms with van der Waals surface area (Å²) in [5.41, 5.74) is -0.939. The van der Waals surface area contributed by atoms with E-state index in [1.54, 1.807) is 0 Å². The van der Waals surface area contributed by atoms with Gasteiger partial charge in [-0.15, -0.1) is 12.4 Å². The molecule has 0 spiro atoms. The molecule has 1 aromatic carbocycles. The molecule has 0 atom stereocenters. The SMILES string of the molecule is Cl.O=C(CCN1CCOCC1)c1ccc(O)c(O)c1[N+](=O)[O-]. The van der Waals surface area contributed by atoms with E-state index in [1.165, 1.54) is 0 Å². The predicted octanol–water partition coefficient (Wildman–Crippen LogP) is 1.33. The highest BCUT2D eigenvalue weighted by molar-refractivity contribution is 6.01. The lowest BCUT2D eigenvalue weighted by Gasteiger charge is -2.26. The summed E-state index contributed by atoms with van der Waals surface area (Å²) in [7, 11) is 0. The third-order valence-corrected chi connectivity index (χ3v) is 3.37. The lowest BCUT2D eigenvalue weighted by atomic mass is 10.0. The average molecular weight is 333 g/mol. The first-order valence-corrected chi connectivity index (χ1v) is 6.53. The van der Waals surface area contributed by atoms with Crippen molar-refractivity contribution in [2.24, 2.45) is 0 Å². The van der Waals surface area contributed by atoms with Crippen molar-refractivity contribution >= 4 is 23.9 Å². The molecule has 0 bridgehead atoms. The van der Waals surface area contributed by atoms with E-state index in [2.05, 4.69) is 0 Å². The van der Waals surface area contributed by atoms with Gasteiger partial charge in [-0.2, -0.15) is 0 Å². The number of nitrogens with zero attached hydrogens (tertiary/aromatic N) is 2. The third-order valence-electron chi connectivity index (χ3n) is 3.37. The Balaban J connectivity index is 0.00000242. The van der Waals surface area contributed by atoms with Gasteiger partial charge in [0, 0.05) is 26.1 Å². The molecule has 1 heterocycles. The molecule has 2 rings (SSSR count). The summed E-state index contributed by atoms with van der Waals surface area (Å²) >= 11 is 0. The first-order valence-electron chi connectivity index (χ1n) is 6.53. The predicted molar refractivity (Wildman–Crippen MR) is 79.9 cm³/mol. The van der Waals surface area contributed by atoms with E-state index in [0.717, 1.165) is 25.2 Å². The number of aromatic hydroxyl groups is 2. The van der Waals surface area contributed by atoms with Crippen molar-refractivity contribution in [3.8, 4) is 11.5 Å². The van der Waals surface area contributed by atoms with Gasteiger partial charge in [0.25, 0.3) is 0 Å². The number of halogens is 1. The average Bonchev–Trinajstić information content (AvgIpc) is 2.48. The summed E-state index contributed by atoms with van der Waals surface area (Å²) in [5.74, 6) is -1.94. The second-order valence-electron chi connectivity index (χ2n) is 4.71. The van der Waals surface area contributed by atoms with E-state index < -0.39 is 27.9 Å². The monoisotopic (exact) mass is 332 g/mol. The highest BCUT2D eigenvalue weighted by Gasteiger charge is 2.27. The van der Waals surface area contributed by atoms with Crippen molar-refractivity contribution in [3.63, 3.8) is 0 Å². The lowest BCUT2D eigenvalue weighted by molar-refractivity contribution is -0.386. The van der Waals surface area contributed by atoms with Gasteiger partial charge in [0.1, 0.15) is 0 Å². The Kier molecular flexibility index (Phi) is 6.54. The smallest absolute Gasteiger partial charge is 0.325 e. The Morgan fingerprint density at radius 1 is 1.32 bits per heavy atom. The van der Waals surface area contributed by atoms with Gasteiger partial charge >= 0.3 is 5.69 Å². The fourth-order valence-corrected chi connectivity index (χ4v) is 2.20. The van der Waals surface area contributed by atoms with Gasteiger partial charge in [0.15, 0.2) is 11.5 Å². The number of Topliss-reactive ketones (excluding diaryl/α,β-unsaturated/α-hetero) is 1. The van der Waals surface area contributed by atoms with Crippen LogP contribution in [0.2, 0.25) is 0 Å². The normalized spacial score (nSPS) is 15.1. The molecule has 1 aliphatic heterocycles. The molecule has 1 saturated heterocycles. The molecule has 0 aliphatic carbocycles. The van der Waals surface area contributed by atoms with E-state index in [-0.39, 0.29) is 24.4 Å². The molecule has 0 radical (unpaired) electrons. The Bertz CT molecular complexity index is 560. The first kappa shape index (κ1) is 18.1. The van der Waals surface area contributed by atoms with Crippen molar-refractivity contribution in [1.82, 2.24) is 4.90 Å². The quantitative estimate of drug-likeness (QED) is 0.362. The van der Waals surface area contributed by atoms with Gasteiger partial charge < -0.3 is 14.9 Å². The van der Waals surface area contributed by atoms with E-state index in [1.807, 2.05) is 4.90 Å².